The lowest BCUT2D eigenvalue weighted by atomic mass is 10.3. The molecule has 0 aliphatic rings. The molecule has 1 aromatic carbocycles. The van der Waals surface area contributed by atoms with E-state index >= 15 is 0 Å². The van der Waals surface area contributed by atoms with Crippen molar-refractivity contribution in [3.8, 4) is 5.75 Å². The van der Waals surface area contributed by atoms with Crippen LogP contribution in [-0.4, -0.2) is 7.11 Å². The highest BCUT2D eigenvalue weighted by Crippen LogP contribution is 2.21. The van der Waals surface area contributed by atoms with Crippen molar-refractivity contribution in [2.75, 3.05) is 7.11 Å². The molecule has 0 atom stereocenters. The standard InChI is InChI=1S/C7H5I2O/c1-10-7-3-2-5(8)4-6(7)9/h2,4H,1H3. The highest BCUT2D eigenvalue weighted by molar-refractivity contribution is 14.1. The summed E-state index contributed by atoms with van der Waals surface area (Å²) in [6.07, 6.45) is 0. The van der Waals surface area contributed by atoms with Gasteiger partial charge in [0.05, 0.1) is 10.7 Å². The molecule has 0 saturated carbocycles. The van der Waals surface area contributed by atoms with E-state index in [1.54, 1.807) is 7.11 Å². The monoisotopic (exact) mass is 359 g/mol. The van der Waals surface area contributed by atoms with E-state index in [4.69, 9.17) is 4.74 Å². The highest BCUT2D eigenvalue weighted by atomic mass is 127. The Morgan fingerprint density at radius 1 is 1.50 bits per heavy atom. The van der Waals surface area contributed by atoms with E-state index in [0.717, 1.165) is 9.32 Å². The van der Waals surface area contributed by atoms with Crippen LogP contribution in [0.2, 0.25) is 0 Å². The molecule has 0 spiro atoms. The maximum absolute atomic E-state index is 5.03. The Hall–Kier alpha value is 0.480. The van der Waals surface area contributed by atoms with Crippen LogP contribution in [0.1, 0.15) is 0 Å². The van der Waals surface area contributed by atoms with Crippen LogP contribution < -0.4 is 4.74 Å². The lowest BCUT2D eigenvalue weighted by Crippen LogP contribution is -1.86. The minimum atomic E-state index is 0.820. The molecule has 53 valence electrons. The van der Waals surface area contributed by atoms with Gasteiger partial charge in [-0.3, -0.25) is 0 Å². The third kappa shape index (κ3) is 1.98. The molecule has 10 heavy (non-hydrogen) atoms. The molecule has 0 aliphatic heterocycles. The van der Waals surface area contributed by atoms with E-state index in [0.29, 0.717) is 0 Å². The lowest BCUT2D eigenvalue weighted by molar-refractivity contribution is 0.411. The van der Waals surface area contributed by atoms with Gasteiger partial charge in [0.1, 0.15) is 5.75 Å². The van der Waals surface area contributed by atoms with Crippen molar-refractivity contribution in [2.45, 2.75) is 0 Å². The molecule has 0 aromatic heterocycles. The fraction of sp³-hybridized carbons (Fsp3) is 0.143. The number of halogens is 2. The fourth-order valence-electron chi connectivity index (χ4n) is 0.588. The van der Waals surface area contributed by atoms with E-state index in [1.165, 1.54) is 3.57 Å². The molecule has 0 aliphatic carbocycles. The van der Waals surface area contributed by atoms with Gasteiger partial charge in [0.25, 0.3) is 0 Å². The first-order chi connectivity index (χ1) is 4.74. The van der Waals surface area contributed by atoms with Crippen molar-refractivity contribution in [1.82, 2.24) is 0 Å². The van der Waals surface area contributed by atoms with Crippen molar-refractivity contribution in [2.24, 2.45) is 0 Å². The summed E-state index contributed by atoms with van der Waals surface area (Å²) >= 11 is 4.47. The molecular formula is C7H5I2O. The third-order valence-corrected chi connectivity index (χ3v) is 2.45. The van der Waals surface area contributed by atoms with Crippen LogP contribution in [0.3, 0.4) is 0 Å². The van der Waals surface area contributed by atoms with Crippen LogP contribution in [0.15, 0.2) is 12.1 Å². The smallest absolute Gasteiger partial charge is 0.140 e. The van der Waals surface area contributed by atoms with Crippen LogP contribution in [0.4, 0.5) is 0 Å². The van der Waals surface area contributed by atoms with E-state index in [9.17, 15) is 0 Å². The number of methoxy groups -OCH3 is 1. The van der Waals surface area contributed by atoms with Crippen molar-refractivity contribution in [1.29, 1.82) is 0 Å². The molecular weight excluding hydrogens is 354 g/mol. The number of benzene rings is 1. The number of hydrogen-bond donors (Lipinski definition) is 0. The summed E-state index contributed by atoms with van der Waals surface area (Å²) in [5.41, 5.74) is 0. The predicted molar refractivity (Wildman–Crippen MR) is 57.3 cm³/mol. The molecule has 1 rings (SSSR count). The van der Waals surface area contributed by atoms with Crippen molar-refractivity contribution >= 4 is 45.2 Å². The van der Waals surface area contributed by atoms with Crippen LogP contribution in [-0.2, 0) is 0 Å². The second-order valence-electron chi connectivity index (χ2n) is 1.70. The summed E-state index contributed by atoms with van der Waals surface area (Å²) in [7, 11) is 1.65. The zero-order valence-electron chi connectivity index (χ0n) is 5.32. The SMILES string of the molecule is COc1[c]cc(I)cc1I. The summed E-state index contributed by atoms with van der Waals surface area (Å²) in [5.74, 6) is 0.820. The summed E-state index contributed by atoms with van der Waals surface area (Å²) in [6.45, 7) is 0. The third-order valence-electron chi connectivity index (χ3n) is 1.03. The normalized spacial score (nSPS) is 9.50. The van der Waals surface area contributed by atoms with E-state index in [1.807, 2.05) is 6.07 Å². The Balaban J connectivity index is 3.07. The van der Waals surface area contributed by atoms with Gasteiger partial charge in [0.15, 0.2) is 0 Å². The predicted octanol–water partition coefficient (Wildman–Crippen LogP) is 2.70. The Kier molecular flexibility index (Phi) is 3.22. The molecule has 0 amide bonds. The summed E-state index contributed by atoms with van der Waals surface area (Å²) in [5, 5.41) is 0. The zero-order chi connectivity index (χ0) is 7.56. The van der Waals surface area contributed by atoms with Crippen LogP contribution in [0.25, 0.3) is 0 Å². The van der Waals surface area contributed by atoms with Crippen LogP contribution in [0, 0.1) is 13.2 Å². The second kappa shape index (κ2) is 3.75. The van der Waals surface area contributed by atoms with Crippen LogP contribution >= 0.6 is 45.2 Å². The van der Waals surface area contributed by atoms with Gasteiger partial charge in [-0.15, -0.1) is 0 Å². The minimum Gasteiger partial charge on any atom is -0.495 e. The van der Waals surface area contributed by atoms with Gasteiger partial charge in [0.2, 0.25) is 0 Å². The lowest BCUT2D eigenvalue weighted by Gasteiger charge is -2.00. The summed E-state index contributed by atoms with van der Waals surface area (Å²) in [4.78, 5) is 0. The van der Waals surface area contributed by atoms with Gasteiger partial charge in [0, 0.05) is 9.64 Å². The van der Waals surface area contributed by atoms with Crippen molar-refractivity contribution < 1.29 is 4.74 Å². The Labute approximate surface area is 87.4 Å². The zero-order valence-corrected chi connectivity index (χ0v) is 9.63. The van der Waals surface area contributed by atoms with E-state index < -0.39 is 0 Å². The second-order valence-corrected chi connectivity index (χ2v) is 4.11. The Morgan fingerprint density at radius 2 is 2.20 bits per heavy atom. The van der Waals surface area contributed by atoms with E-state index in [2.05, 4.69) is 57.3 Å². The molecule has 1 aromatic rings. The topological polar surface area (TPSA) is 9.23 Å². The van der Waals surface area contributed by atoms with Crippen molar-refractivity contribution in [3.05, 3.63) is 25.3 Å². The number of rotatable bonds is 1. The molecule has 0 bridgehead atoms. The van der Waals surface area contributed by atoms with Gasteiger partial charge >= 0.3 is 0 Å². The quantitative estimate of drug-likeness (QED) is 0.701. The van der Waals surface area contributed by atoms with Gasteiger partial charge in [-0.05, 0) is 57.3 Å². The average molecular weight is 359 g/mol. The fourth-order valence-corrected chi connectivity index (χ4v) is 2.36. The first-order valence-corrected chi connectivity index (χ1v) is 4.80. The molecule has 1 radical (unpaired) electrons. The first-order valence-electron chi connectivity index (χ1n) is 2.65. The number of ether oxygens (including phenoxy) is 1. The maximum atomic E-state index is 5.03. The van der Waals surface area contributed by atoms with Gasteiger partial charge in [-0.2, -0.15) is 0 Å². The molecule has 1 nitrogen and oxygen atoms in total. The summed E-state index contributed by atoms with van der Waals surface area (Å²) in [6, 6.07) is 6.97. The largest absolute Gasteiger partial charge is 0.495 e. The maximum Gasteiger partial charge on any atom is 0.140 e. The minimum absolute atomic E-state index is 0.820. The first kappa shape index (κ1) is 8.58. The average Bonchev–Trinajstić information content (AvgIpc) is 1.88. The van der Waals surface area contributed by atoms with Crippen molar-refractivity contribution in [3.63, 3.8) is 0 Å². The summed E-state index contributed by atoms with van der Waals surface area (Å²) < 4.78 is 7.32. The van der Waals surface area contributed by atoms with Gasteiger partial charge in [-0.1, -0.05) is 0 Å². The van der Waals surface area contributed by atoms with Gasteiger partial charge in [-0.25, -0.2) is 0 Å². The molecule has 0 unspecified atom stereocenters. The Bertz CT molecular complexity index is 235. The Morgan fingerprint density at radius 3 is 2.70 bits per heavy atom. The molecule has 0 heterocycles. The highest BCUT2D eigenvalue weighted by Gasteiger charge is 1.98. The van der Waals surface area contributed by atoms with Gasteiger partial charge < -0.3 is 4.74 Å². The van der Waals surface area contributed by atoms with E-state index in [-0.39, 0.29) is 0 Å². The molecule has 0 saturated heterocycles. The number of hydrogen-bond acceptors (Lipinski definition) is 1. The molecule has 3 heteroatoms. The molecule has 0 fully saturated rings. The van der Waals surface area contributed by atoms with Crippen LogP contribution in [0.5, 0.6) is 5.75 Å². The molecule has 0 N–H and O–H groups in total.